The van der Waals surface area contributed by atoms with E-state index < -0.39 is 0 Å². The van der Waals surface area contributed by atoms with Gasteiger partial charge in [-0.3, -0.25) is 0 Å². The second kappa shape index (κ2) is 3.75. The van der Waals surface area contributed by atoms with Crippen LogP contribution >= 0.6 is 0 Å². The molecule has 0 spiro atoms. The van der Waals surface area contributed by atoms with Gasteiger partial charge < -0.3 is 10.2 Å². The van der Waals surface area contributed by atoms with Gasteiger partial charge in [-0.05, 0) is 58.3 Å². The minimum atomic E-state index is 0.860. The molecule has 0 radical (unpaired) electrons. The Morgan fingerprint density at radius 3 is 2.50 bits per heavy atom. The summed E-state index contributed by atoms with van der Waals surface area (Å²) in [5.41, 5.74) is 0. The van der Waals surface area contributed by atoms with Gasteiger partial charge in [-0.2, -0.15) is 0 Å². The lowest BCUT2D eigenvalue weighted by atomic mass is 9.89. The highest BCUT2D eigenvalue weighted by molar-refractivity contribution is 4.84. The van der Waals surface area contributed by atoms with E-state index in [1.807, 2.05) is 0 Å². The number of hydrogen-bond acceptors (Lipinski definition) is 2. The van der Waals surface area contributed by atoms with Crippen LogP contribution in [0.25, 0.3) is 0 Å². The van der Waals surface area contributed by atoms with E-state index >= 15 is 0 Å². The highest BCUT2D eigenvalue weighted by atomic mass is 15.1. The molecule has 0 aliphatic carbocycles. The summed E-state index contributed by atoms with van der Waals surface area (Å²) >= 11 is 0. The quantitative estimate of drug-likeness (QED) is 0.630. The minimum Gasteiger partial charge on any atom is -0.314 e. The van der Waals surface area contributed by atoms with Gasteiger partial charge in [0.2, 0.25) is 0 Å². The third-order valence-corrected chi connectivity index (χ3v) is 3.43. The number of piperidine rings is 1. The molecule has 0 aromatic rings. The third-order valence-electron chi connectivity index (χ3n) is 3.43. The summed E-state index contributed by atoms with van der Waals surface area (Å²) < 4.78 is 0. The van der Waals surface area contributed by atoms with Gasteiger partial charge in [-0.25, -0.2) is 0 Å². The molecule has 0 aromatic carbocycles. The SMILES string of the molecule is CN1CCC([C@H]2CCCN2)CC1. The first-order chi connectivity index (χ1) is 5.86. The molecule has 2 heteroatoms. The predicted octanol–water partition coefficient (Wildman–Crippen LogP) is 1.08. The second-order valence-corrected chi connectivity index (χ2v) is 4.34. The Morgan fingerprint density at radius 1 is 1.17 bits per heavy atom. The molecule has 0 saturated carbocycles. The molecule has 0 bridgehead atoms. The summed E-state index contributed by atoms with van der Waals surface area (Å²) in [6.45, 7) is 3.88. The van der Waals surface area contributed by atoms with Gasteiger partial charge in [0.15, 0.2) is 0 Å². The van der Waals surface area contributed by atoms with Crippen molar-refractivity contribution in [1.29, 1.82) is 0 Å². The Morgan fingerprint density at radius 2 is 1.92 bits per heavy atom. The van der Waals surface area contributed by atoms with Crippen LogP contribution in [0, 0.1) is 5.92 Å². The normalized spacial score (nSPS) is 34.2. The van der Waals surface area contributed by atoms with Crippen molar-refractivity contribution in [3.8, 4) is 0 Å². The number of likely N-dealkylation sites (tertiary alicyclic amines) is 1. The molecule has 2 heterocycles. The first kappa shape index (κ1) is 8.52. The Labute approximate surface area is 75.3 Å². The zero-order valence-electron chi connectivity index (χ0n) is 8.05. The average molecular weight is 168 g/mol. The first-order valence-corrected chi connectivity index (χ1v) is 5.28. The first-order valence-electron chi connectivity index (χ1n) is 5.28. The molecule has 12 heavy (non-hydrogen) atoms. The molecule has 1 N–H and O–H groups in total. The minimum absolute atomic E-state index is 0.860. The van der Waals surface area contributed by atoms with Crippen LogP contribution in [-0.2, 0) is 0 Å². The maximum Gasteiger partial charge on any atom is 0.00967 e. The topological polar surface area (TPSA) is 15.3 Å². The third kappa shape index (κ3) is 1.80. The summed E-state index contributed by atoms with van der Waals surface area (Å²) in [5, 5.41) is 3.62. The van der Waals surface area contributed by atoms with E-state index in [-0.39, 0.29) is 0 Å². The van der Waals surface area contributed by atoms with Crippen molar-refractivity contribution in [3.05, 3.63) is 0 Å². The molecule has 70 valence electrons. The number of nitrogens with zero attached hydrogens (tertiary/aromatic N) is 1. The molecule has 0 unspecified atom stereocenters. The fourth-order valence-corrected chi connectivity index (χ4v) is 2.54. The van der Waals surface area contributed by atoms with E-state index in [9.17, 15) is 0 Å². The van der Waals surface area contributed by atoms with Crippen LogP contribution in [0.5, 0.6) is 0 Å². The Kier molecular flexibility index (Phi) is 2.66. The summed E-state index contributed by atoms with van der Waals surface area (Å²) in [6.07, 6.45) is 5.65. The molecule has 2 nitrogen and oxygen atoms in total. The number of rotatable bonds is 1. The van der Waals surface area contributed by atoms with Crippen LogP contribution in [0.2, 0.25) is 0 Å². The molecule has 0 aromatic heterocycles. The highest BCUT2D eigenvalue weighted by Crippen LogP contribution is 2.24. The van der Waals surface area contributed by atoms with Crippen LogP contribution in [0.1, 0.15) is 25.7 Å². The van der Waals surface area contributed by atoms with Gasteiger partial charge in [0.1, 0.15) is 0 Å². The fraction of sp³-hybridized carbons (Fsp3) is 1.00. The molecule has 2 aliphatic heterocycles. The van der Waals surface area contributed by atoms with Crippen LogP contribution < -0.4 is 5.32 Å². The standard InChI is InChI=1S/C10H20N2/c1-12-7-4-9(5-8-12)10-3-2-6-11-10/h9-11H,2-8H2,1H3/t10-/m1/s1. The molecule has 0 amide bonds. The Bertz CT molecular complexity index is 133. The fourth-order valence-electron chi connectivity index (χ4n) is 2.54. The van der Waals surface area contributed by atoms with Crippen molar-refractivity contribution < 1.29 is 0 Å². The lowest BCUT2D eigenvalue weighted by Gasteiger charge is -2.32. The van der Waals surface area contributed by atoms with Crippen molar-refractivity contribution in [2.75, 3.05) is 26.7 Å². The van der Waals surface area contributed by atoms with E-state index in [1.165, 1.54) is 45.3 Å². The van der Waals surface area contributed by atoms with E-state index in [0.717, 1.165) is 12.0 Å². The van der Waals surface area contributed by atoms with Gasteiger partial charge in [-0.1, -0.05) is 0 Å². The zero-order chi connectivity index (χ0) is 8.39. The second-order valence-electron chi connectivity index (χ2n) is 4.34. The van der Waals surface area contributed by atoms with Crippen LogP contribution in [0.4, 0.5) is 0 Å². The van der Waals surface area contributed by atoms with Crippen LogP contribution in [0.15, 0.2) is 0 Å². The molecule has 2 fully saturated rings. The van der Waals surface area contributed by atoms with E-state index in [2.05, 4.69) is 17.3 Å². The summed E-state index contributed by atoms with van der Waals surface area (Å²) in [6, 6.07) is 0.860. The molecule has 2 aliphatic rings. The van der Waals surface area contributed by atoms with Crippen LogP contribution in [0.3, 0.4) is 0 Å². The number of hydrogen-bond donors (Lipinski definition) is 1. The molecule has 1 atom stereocenters. The lowest BCUT2D eigenvalue weighted by Crippen LogP contribution is -2.39. The van der Waals surface area contributed by atoms with Gasteiger partial charge in [0, 0.05) is 6.04 Å². The molecular weight excluding hydrogens is 148 g/mol. The Hall–Kier alpha value is -0.0800. The van der Waals surface area contributed by atoms with E-state index in [0.29, 0.717) is 0 Å². The van der Waals surface area contributed by atoms with Gasteiger partial charge in [0.25, 0.3) is 0 Å². The molecule has 2 saturated heterocycles. The van der Waals surface area contributed by atoms with Gasteiger partial charge in [-0.15, -0.1) is 0 Å². The van der Waals surface area contributed by atoms with E-state index in [1.54, 1.807) is 0 Å². The molecule has 2 rings (SSSR count). The predicted molar refractivity (Wildman–Crippen MR) is 51.2 cm³/mol. The number of nitrogens with one attached hydrogen (secondary N) is 1. The summed E-state index contributed by atoms with van der Waals surface area (Å²) in [4.78, 5) is 2.45. The van der Waals surface area contributed by atoms with E-state index in [4.69, 9.17) is 0 Å². The van der Waals surface area contributed by atoms with Crippen molar-refractivity contribution >= 4 is 0 Å². The highest BCUT2D eigenvalue weighted by Gasteiger charge is 2.26. The monoisotopic (exact) mass is 168 g/mol. The van der Waals surface area contributed by atoms with Crippen molar-refractivity contribution in [2.24, 2.45) is 5.92 Å². The largest absolute Gasteiger partial charge is 0.314 e. The zero-order valence-corrected chi connectivity index (χ0v) is 8.05. The maximum absolute atomic E-state index is 3.62. The van der Waals surface area contributed by atoms with Crippen molar-refractivity contribution in [3.63, 3.8) is 0 Å². The van der Waals surface area contributed by atoms with Crippen molar-refractivity contribution in [1.82, 2.24) is 10.2 Å². The average Bonchev–Trinajstić information content (AvgIpc) is 2.58. The smallest absolute Gasteiger partial charge is 0.00967 e. The lowest BCUT2D eigenvalue weighted by molar-refractivity contribution is 0.191. The van der Waals surface area contributed by atoms with Crippen molar-refractivity contribution in [2.45, 2.75) is 31.7 Å². The molecular formula is C10H20N2. The Balaban J connectivity index is 1.80. The van der Waals surface area contributed by atoms with Gasteiger partial charge in [0.05, 0.1) is 0 Å². The van der Waals surface area contributed by atoms with Gasteiger partial charge >= 0.3 is 0 Å². The summed E-state index contributed by atoms with van der Waals surface area (Å²) in [7, 11) is 2.23. The summed E-state index contributed by atoms with van der Waals surface area (Å²) in [5.74, 6) is 0.976. The maximum atomic E-state index is 3.62. The van der Waals surface area contributed by atoms with Crippen LogP contribution in [-0.4, -0.2) is 37.6 Å².